The van der Waals surface area contributed by atoms with E-state index in [0.29, 0.717) is 17.1 Å². The lowest BCUT2D eigenvalue weighted by Crippen LogP contribution is -2.11. The van der Waals surface area contributed by atoms with Gasteiger partial charge in [0.2, 0.25) is 0 Å². The first-order valence-electron chi connectivity index (χ1n) is 6.61. The molecule has 7 nitrogen and oxygen atoms in total. The molecule has 0 amide bonds. The van der Waals surface area contributed by atoms with E-state index in [4.69, 9.17) is 10.5 Å². The average Bonchev–Trinajstić information content (AvgIpc) is 2.97. The molecule has 0 bridgehead atoms. The Bertz CT molecular complexity index is 635. The lowest BCUT2D eigenvalue weighted by Gasteiger charge is -2.07. The fraction of sp³-hybridized carbons (Fsp3) is 0.462. The molecule has 0 aromatic carbocycles. The van der Waals surface area contributed by atoms with Crippen molar-refractivity contribution in [3.63, 3.8) is 0 Å². The topological polar surface area (TPSA) is 95.1 Å². The van der Waals surface area contributed by atoms with Crippen molar-refractivity contribution < 1.29 is 9.53 Å². The Labute approximate surface area is 127 Å². The molecule has 0 radical (unpaired) electrons. The monoisotopic (exact) mass is 309 g/mol. The minimum Gasteiger partial charge on any atom is -0.465 e. The van der Waals surface area contributed by atoms with Gasteiger partial charge < -0.3 is 15.8 Å². The summed E-state index contributed by atoms with van der Waals surface area (Å²) in [5, 5.41) is 8.23. The van der Waals surface area contributed by atoms with Crippen LogP contribution in [0, 0.1) is 13.8 Å². The summed E-state index contributed by atoms with van der Waals surface area (Å²) in [5.41, 5.74) is 8.15. The molecule has 0 saturated heterocycles. The standard InChI is InChI=1S/C13H19N5O2S/c1-8-7-9(2)18(16-8)6-4-5-15-12-10(13(19)20-3)11(14)17-21-12/h7,15H,4-6H2,1-3H3,(H2,14,17). The van der Waals surface area contributed by atoms with Gasteiger partial charge in [-0.05, 0) is 37.9 Å². The fourth-order valence-electron chi connectivity index (χ4n) is 2.05. The average molecular weight is 309 g/mol. The molecule has 21 heavy (non-hydrogen) atoms. The van der Waals surface area contributed by atoms with Gasteiger partial charge in [0, 0.05) is 18.8 Å². The highest BCUT2D eigenvalue weighted by molar-refractivity contribution is 7.11. The Kier molecular flexibility index (Phi) is 4.79. The van der Waals surface area contributed by atoms with Crippen LogP contribution in [0.15, 0.2) is 6.07 Å². The molecule has 114 valence electrons. The number of aromatic nitrogens is 3. The molecule has 0 unspecified atom stereocenters. The summed E-state index contributed by atoms with van der Waals surface area (Å²) in [7, 11) is 1.33. The molecule has 0 fully saturated rings. The number of carbonyl (C=O) groups excluding carboxylic acids is 1. The van der Waals surface area contributed by atoms with E-state index < -0.39 is 5.97 Å². The van der Waals surface area contributed by atoms with Gasteiger partial charge in [-0.25, -0.2) is 4.79 Å². The third-order valence-corrected chi connectivity index (χ3v) is 3.86. The van der Waals surface area contributed by atoms with E-state index in [0.717, 1.165) is 35.9 Å². The van der Waals surface area contributed by atoms with Crippen LogP contribution in [0.25, 0.3) is 0 Å². The zero-order chi connectivity index (χ0) is 15.4. The Hall–Kier alpha value is -2.09. The highest BCUT2D eigenvalue weighted by Gasteiger charge is 2.19. The third-order valence-electron chi connectivity index (χ3n) is 3.04. The van der Waals surface area contributed by atoms with Gasteiger partial charge >= 0.3 is 5.97 Å². The SMILES string of the molecule is COC(=O)c1c(N)nsc1NCCCn1nc(C)cc1C. The second-order valence-corrected chi connectivity index (χ2v) is 5.47. The minimum absolute atomic E-state index is 0.202. The normalized spacial score (nSPS) is 10.6. The molecular formula is C13H19N5O2S. The lowest BCUT2D eigenvalue weighted by molar-refractivity contribution is 0.0603. The number of aryl methyl sites for hydroxylation is 3. The molecule has 3 N–H and O–H groups in total. The summed E-state index contributed by atoms with van der Waals surface area (Å²) >= 11 is 1.16. The highest BCUT2D eigenvalue weighted by atomic mass is 32.1. The maximum Gasteiger partial charge on any atom is 0.344 e. The number of rotatable bonds is 6. The van der Waals surface area contributed by atoms with E-state index >= 15 is 0 Å². The van der Waals surface area contributed by atoms with E-state index in [-0.39, 0.29) is 5.82 Å². The number of hydrogen-bond acceptors (Lipinski definition) is 7. The van der Waals surface area contributed by atoms with E-state index in [1.165, 1.54) is 7.11 Å². The maximum absolute atomic E-state index is 11.6. The molecule has 2 rings (SSSR count). The molecule has 0 aliphatic heterocycles. The summed E-state index contributed by atoms with van der Waals surface area (Å²) in [6, 6.07) is 2.05. The number of esters is 1. The summed E-state index contributed by atoms with van der Waals surface area (Å²) in [4.78, 5) is 11.6. The van der Waals surface area contributed by atoms with Crippen LogP contribution in [-0.4, -0.2) is 33.8 Å². The first-order valence-corrected chi connectivity index (χ1v) is 7.38. The quantitative estimate of drug-likeness (QED) is 0.624. The molecule has 0 aliphatic rings. The van der Waals surface area contributed by atoms with Crippen LogP contribution in [0.5, 0.6) is 0 Å². The molecule has 0 spiro atoms. The number of nitrogen functional groups attached to an aromatic ring is 1. The van der Waals surface area contributed by atoms with Gasteiger partial charge in [-0.15, -0.1) is 0 Å². The molecule has 2 heterocycles. The van der Waals surface area contributed by atoms with Gasteiger partial charge in [0.05, 0.1) is 12.8 Å². The number of nitrogens with zero attached hydrogens (tertiary/aromatic N) is 3. The largest absolute Gasteiger partial charge is 0.465 e. The van der Waals surface area contributed by atoms with Crippen molar-refractivity contribution in [1.82, 2.24) is 14.2 Å². The Balaban J connectivity index is 1.89. The van der Waals surface area contributed by atoms with Crippen molar-refractivity contribution in [1.29, 1.82) is 0 Å². The fourth-order valence-corrected chi connectivity index (χ4v) is 2.78. The number of nitrogens with two attached hydrogens (primary N) is 1. The second kappa shape index (κ2) is 6.57. The van der Waals surface area contributed by atoms with Gasteiger partial charge in [-0.1, -0.05) is 0 Å². The second-order valence-electron chi connectivity index (χ2n) is 4.69. The highest BCUT2D eigenvalue weighted by Crippen LogP contribution is 2.27. The first-order chi connectivity index (χ1) is 10.0. The molecule has 0 saturated carbocycles. The number of carbonyl (C=O) groups is 1. The van der Waals surface area contributed by atoms with Crippen LogP contribution in [0.2, 0.25) is 0 Å². The van der Waals surface area contributed by atoms with Crippen molar-refractivity contribution in [2.45, 2.75) is 26.8 Å². The van der Waals surface area contributed by atoms with Crippen molar-refractivity contribution in [2.75, 3.05) is 24.7 Å². The van der Waals surface area contributed by atoms with Crippen LogP contribution >= 0.6 is 11.5 Å². The molecule has 0 aliphatic carbocycles. The van der Waals surface area contributed by atoms with Gasteiger partial charge in [-0.2, -0.15) is 9.47 Å². The van der Waals surface area contributed by atoms with Gasteiger partial charge in [0.1, 0.15) is 10.6 Å². The summed E-state index contributed by atoms with van der Waals surface area (Å²) in [6.45, 7) is 5.52. The van der Waals surface area contributed by atoms with E-state index in [1.54, 1.807) is 0 Å². The number of hydrogen-bond donors (Lipinski definition) is 2. The molecule has 0 atom stereocenters. The van der Waals surface area contributed by atoms with Gasteiger partial charge in [0.25, 0.3) is 0 Å². The minimum atomic E-state index is -0.470. The van der Waals surface area contributed by atoms with Crippen molar-refractivity contribution in [3.05, 3.63) is 23.0 Å². The number of anilines is 2. The van der Waals surface area contributed by atoms with Crippen LogP contribution in [0.3, 0.4) is 0 Å². The molecular weight excluding hydrogens is 290 g/mol. The number of ether oxygens (including phenoxy) is 1. The Morgan fingerprint density at radius 2 is 2.29 bits per heavy atom. The maximum atomic E-state index is 11.6. The molecule has 2 aromatic rings. The number of methoxy groups -OCH3 is 1. The van der Waals surface area contributed by atoms with Gasteiger partial charge in [0.15, 0.2) is 5.82 Å². The number of nitrogens with one attached hydrogen (secondary N) is 1. The van der Waals surface area contributed by atoms with E-state index in [9.17, 15) is 4.79 Å². The van der Waals surface area contributed by atoms with E-state index in [2.05, 4.69) is 14.8 Å². The molecule has 2 aromatic heterocycles. The van der Waals surface area contributed by atoms with Crippen LogP contribution < -0.4 is 11.1 Å². The van der Waals surface area contributed by atoms with Crippen LogP contribution in [0.4, 0.5) is 10.8 Å². The first kappa shape index (κ1) is 15.3. The van der Waals surface area contributed by atoms with E-state index in [1.807, 2.05) is 24.6 Å². The van der Waals surface area contributed by atoms with Crippen molar-refractivity contribution in [2.24, 2.45) is 0 Å². The lowest BCUT2D eigenvalue weighted by atomic mass is 10.3. The zero-order valence-corrected chi connectivity index (χ0v) is 13.2. The van der Waals surface area contributed by atoms with Crippen LogP contribution in [-0.2, 0) is 11.3 Å². The Morgan fingerprint density at radius 3 is 2.90 bits per heavy atom. The van der Waals surface area contributed by atoms with Crippen molar-refractivity contribution >= 4 is 28.3 Å². The van der Waals surface area contributed by atoms with Crippen molar-refractivity contribution in [3.8, 4) is 0 Å². The molecule has 8 heteroatoms. The predicted molar refractivity (Wildman–Crippen MR) is 82.7 cm³/mol. The Morgan fingerprint density at radius 1 is 1.52 bits per heavy atom. The third kappa shape index (κ3) is 3.52. The summed E-state index contributed by atoms with van der Waals surface area (Å²) in [6.07, 6.45) is 0.875. The zero-order valence-electron chi connectivity index (χ0n) is 12.3. The van der Waals surface area contributed by atoms with Gasteiger partial charge in [-0.3, -0.25) is 4.68 Å². The van der Waals surface area contributed by atoms with Crippen LogP contribution in [0.1, 0.15) is 28.2 Å². The predicted octanol–water partition coefficient (Wildman–Crippen LogP) is 1.83. The summed E-state index contributed by atoms with van der Waals surface area (Å²) in [5.74, 6) is -0.268. The summed E-state index contributed by atoms with van der Waals surface area (Å²) < 4.78 is 10.7. The smallest absolute Gasteiger partial charge is 0.344 e.